The van der Waals surface area contributed by atoms with Gasteiger partial charge >= 0.3 is 18.3 Å². The van der Waals surface area contributed by atoms with Crippen LogP contribution < -0.4 is 21.3 Å². The second kappa shape index (κ2) is 14.0. The fraction of sp³-hybridized carbons (Fsp3) is 0.385. The van der Waals surface area contributed by atoms with Crippen molar-refractivity contribution in [3.05, 3.63) is 53.6 Å². The summed E-state index contributed by atoms with van der Waals surface area (Å²) in [7, 11) is -2.55. The molecule has 0 saturated carbocycles. The Kier molecular flexibility index (Phi) is 10.9. The van der Waals surface area contributed by atoms with Crippen molar-refractivity contribution in [2.24, 2.45) is 5.92 Å². The van der Waals surface area contributed by atoms with Crippen molar-refractivity contribution < 1.29 is 45.9 Å². The van der Waals surface area contributed by atoms with Crippen molar-refractivity contribution in [3.8, 4) is 0 Å². The van der Waals surface area contributed by atoms with Gasteiger partial charge in [0.05, 0.1) is 40.0 Å². The minimum absolute atomic E-state index is 0.0424. The first-order valence-corrected chi connectivity index (χ1v) is 15.6. The van der Waals surface area contributed by atoms with Gasteiger partial charge in [-0.15, -0.1) is 11.8 Å². The van der Waals surface area contributed by atoms with Gasteiger partial charge in [-0.3, -0.25) is 9.59 Å². The van der Waals surface area contributed by atoms with Crippen LogP contribution in [0.25, 0.3) is 0 Å². The number of amides is 5. The smallest absolute Gasteiger partial charge is 0.416 e. The zero-order valence-corrected chi connectivity index (χ0v) is 24.7. The van der Waals surface area contributed by atoms with E-state index in [4.69, 9.17) is 0 Å². The highest BCUT2D eigenvalue weighted by Crippen LogP contribution is 2.32. The SMILES string of the molecule is CNC(=O)Nc1ccc(C(F)(F)F)cc1C(=O)NCC(=O)N[C@H]1CN(C(=O)O)CC[C@H]1CS(=O)(=O)c1ccc(SC)cc1. The molecule has 0 unspecified atom stereocenters. The van der Waals surface area contributed by atoms with Crippen molar-refractivity contribution in [3.63, 3.8) is 0 Å². The molecule has 0 aliphatic carbocycles. The van der Waals surface area contributed by atoms with Gasteiger partial charge in [-0.05, 0) is 61.1 Å². The number of benzene rings is 2. The fourth-order valence-corrected chi connectivity index (χ4v) is 6.53. The van der Waals surface area contributed by atoms with Crippen LogP contribution in [0.1, 0.15) is 22.3 Å². The summed E-state index contributed by atoms with van der Waals surface area (Å²) in [5.74, 6) is -2.98. The molecule has 0 aromatic heterocycles. The van der Waals surface area contributed by atoms with Gasteiger partial charge in [0.25, 0.3) is 5.91 Å². The predicted molar refractivity (Wildman–Crippen MR) is 152 cm³/mol. The molecule has 43 heavy (non-hydrogen) atoms. The Morgan fingerprint density at radius 3 is 2.35 bits per heavy atom. The van der Waals surface area contributed by atoms with Gasteiger partial charge in [-0.2, -0.15) is 13.2 Å². The Hall–Kier alpha value is -3.99. The molecular weight excluding hydrogens is 615 g/mol. The van der Waals surface area contributed by atoms with Gasteiger partial charge in [0, 0.05) is 25.0 Å². The zero-order valence-electron chi connectivity index (χ0n) is 23.0. The van der Waals surface area contributed by atoms with Crippen LogP contribution in [0.15, 0.2) is 52.3 Å². The standard InChI is InChI=1S/C26H30F3N5O7S2/c1-30-24(37)33-20-8-3-16(26(27,28)29)11-19(20)23(36)31-12-22(35)32-21-13-34(25(38)39)10-9-15(21)14-43(40,41)18-6-4-17(42-2)5-7-18/h3-8,11,15,21H,9-10,12-14H2,1-2H3,(H,31,36)(H,32,35)(H,38,39)(H2,30,33,37)/t15-,21-/m0/s1. The monoisotopic (exact) mass is 645 g/mol. The van der Waals surface area contributed by atoms with E-state index in [1.807, 2.05) is 6.26 Å². The first-order chi connectivity index (χ1) is 20.1. The first-order valence-electron chi connectivity index (χ1n) is 12.8. The van der Waals surface area contributed by atoms with Gasteiger partial charge < -0.3 is 31.3 Å². The Balaban J connectivity index is 1.74. The average molecular weight is 646 g/mol. The molecule has 5 N–H and O–H groups in total. The number of carbonyl (C=O) groups is 4. The van der Waals surface area contributed by atoms with Crippen molar-refractivity contribution in [1.29, 1.82) is 0 Å². The van der Waals surface area contributed by atoms with Crippen LogP contribution in [0, 0.1) is 5.92 Å². The molecule has 0 radical (unpaired) electrons. The molecule has 17 heteroatoms. The van der Waals surface area contributed by atoms with E-state index in [0.717, 1.165) is 15.9 Å². The van der Waals surface area contributed by atoms with Crippen LogP contribution in [0.2, 0.25) is 0 Å². The normalized spacial score (nSPS) is 17.1. The predicted octanol–water partition coefficient (Wildman–Crippen LogP) is 2.87. The number of likely N-dealkylation sites (tertiary alicyclic amines) is 1. The number of rotatable bonds is 9. The molecular formula is C26H30F3N5O7S2. The Bertz CT molecular complexity index is 1470. The quantitative estimate of drug-likeness (QED) is 0.259. The summed E-state index contributed by atoms with van der Waals surface area (Å²) in [5.41, 5.74) is -1.96. The summed E-state index contributed by atoms with van der Waals surface area (Å²) in [6.45, 7) is -0.900. The minimum Gasteiger partial charge on any atom is -0.465 e. The lowest BCUT2D eigenvalue weighted by molar-refractivity contribution is -0.137. The molecule has 234 valence electrons. The summed E-state index contributed by atoms with van der Waals surface area (Å²) >= 11 is 1.44. The van der Waals surface area contributed by atoms with E-state index in [-0.39, 0.29) is 35.8 Å². The number of sulfone groups is 1. The molecule has 1 aliphatic heterocycles. The molecule has 2 aromatic carbocycles. The Morgan fingerprint density at radius 2 is 1.77 bits per heavy atom. The molecule has 3 rings (SSSR count). The summed E-state index contributed by atoms with van der Waals surface area (Å²) < 4.78 is 66.1. The molecule has 1 saturated heterocycles. The summed E-state index contributed by atoms with van der Waals surface area (Å²) in [6.07, 6.45) is -4.08. The molecule has 0 spiro atoms. The minimum atomic E-state index is -4.79. The topological polar surface area (TPSA) is 174 Å². The number of carbonyl (C=O) groups excluding carboxylic acids is 3. The maximum atomic E-state index is 13.3. The Morgan fingerprint density at radius 1 is 1.09 bits per heavy atom. The number of hydrogen-bond acceptors (Lipinski definition) is 7. The van der Waals surface area contributed by atoms with E-state index in [0.29, 0.717) is 12.1 Å². The number of nitrogens with zero attached hydrogens (tertiary/aromatic N) is 1. The second-order valence-electron chi connectivity index (χ2n) is 9.55. The van der Waals surface area contributed by atoms with Crippen LogP contribution in [0.5, 0.6) is 0 Å². The van der Waals surface area contributed by atoms with E-state index < -0.39 is 69.6 Å². The van der Waals surface area contributed by atoms with E-state index in [2.05, 4.69) is 21.3 Å². The van der Waals surface area contributed by atoms with E-state index in [1.54, 1.807) is 12.1 Å². The lowest BCUT2D eigenvalue weighted by atomic mass is 9.93. The fourth-order valence-electron chi connectivity index (χ4n) is 4.41. The molecule has 0 bridgehead atoms. The van der Waals surface area contributed by atoms with Gasteiger partial charge in [0.1, 0.15) is 0 Å². The zero-order chi connectivity index (χ0) is 31.9. The van der Waals surface area contributed by atoms with Gasteiger partial charge in [0.15, 0.2) is 9.84 Å². The molecule has 1 aliphatic rings. The van der Waals surface area contributed by atoms with Crippen LogP contribution in [0.3, 0.4) is 0 Å². The highest BCUT2D eigenvalue weighted by atomic mass is 32.2. The Labute approximate surface area is 249 Å². The first kappa shape index (κ1) is 33.5. The van der Waals surface area contributed by atoms with Gasteiger partial charge in [0.2, 0.25) is 5.91 Å². The number of piperidine rings is 1. The number of carboxylic acid groups (broad SMARTS) is 1. The van der Waals surface area contributed by atoms with Gasteiger partial charge in [-0.1, -0.05) is 0 Å². The molecule has 1 heterocycles. The second-order valence-corrected chi connectivity index (χ2v) is 12.5. The largest absolute Gasteiger partial charge is 0.465 e. The third kappa shape index (κ3) is 9.00. The number of hydrogen-bond donors (Lipinski definition) is 5. The van der Waals surface area contributed by atoms with E-state index in [9.17, 15) is 45.9 Å². The summed E-state index contributed by atoms with van der Waals surface area (Å²) in [4.78, 5) is 50.9. The number of urea groups is 1. The molecule has 1 fully saturated rings. The van der Waals surface area contributed by atoms with Crippen molar-refractivity contribution in [2.45, 2.75) is 28.4 Å². The summed E-state index contributed by atoms with van der Waals surface area (Å²) in [5, 5.41) is 18.6. The lowest BCUT2D eigenvalue weighted by Gasteiger charge is -2.37. The van der Waals surface area contributed by atoms with E-state index >= 15 is 0 Å². The van der Waals surface area contributed by atoms with Crippen molar-refractivity contribution in [2.75, 3.05) is 44.0 Å². The van der Waals surface area contributed by atoms with Crippen LogP contribution in [-0.4, -0.2) is 87.1 Å². The molecule has 5 amide bonds. The maximum Gasteiger partial charge on any atom is 0.416 e. The maximum absolute atomic E-state index is 13.3. The molecule has 2 atom stereocenters. The number of halogens is 3. The van der Waals surface area contributed by atoms with Crippen LogP contribution in [-0.2, 0) is 20.8 Å². The van der Waals surface area contributed by atoms with Crippen molar-refractivity contribution >= 4 is 51.2 Å². The molecule has 12 nitrogen and oxygen atoms in total. The van der Waals surface area contributed by atoms with Crippen molar-refractivity contribution in [1.82, 2.24) is 20.9 Å². The average Bonchev–Trinajstić information content (AvgIpc) is 2.96. The summed E-state index contributed by atoms with van der Waals surface area (Å²) in [6, 6.07) is 6.62. The number of nitrogens with one attached hydrogen (secondary N) is 4. The van der Waals surface area contributed by atoms with Crippen LogP contribution >= 0.6 is 11.8 Å². The number of anilines is 1. The third-order valence-electron chi connectivity index (χ3n) is 6.70. The van der Waals surface area contributed by atoms with E-state index in [1.165, 1.54) is 30.9 Å². The van der Waals surface area contributed by atoms with Gasteiger partial charge in [-0.25, -0.2) is 18.0 Å². The highest BCUT2D eigenvalue weighted by Gasteiger charge is 2.36. The molecule has 2 aromatic rings. The van der Waals surface area contributed by atoms with Crippen LogP contribution in [0.4, 0.5) is 28.4 Å². The third-order valence-corrected chi connectivity index (χ3v) is 9.30. The lowest BCUT2D eigenvalue weighted by Crippen LogP contribution is -2.56. The highest BCUT2D eigenvalue weighted by molar-refractivity contribution is 7.98. The number of alkyl halides is 3. The number of thioether (sulfide) groups is 1.